The van der Waals surface area contributed by atoms with E-state index in [2.05, 4.69) is 44.1 Å². The number of fused-ring (bicyclic) bond motifs is 2. The van der Waals surface area contributed by atoms with Crippen LogP contribution < -0.4 is 21.7 Å². The van der Waals surface area contributed by atoms with Crippen LogP contribution in [-0.2, 0) is 4.79 Å². The second-order valence-corrected chi connectivity index (χ2v) is 8.71. The van der Waals surface area contributed by atoms with Gasteiger partial charge in [0.1, 0.15) is 0 Å². The zero-order valence-corrected chi connectivity index (χ0v) is 17.2. The van der Waals surface area contributed by atoms with Gasteiger partial charge < -0.3 is 21.7 Å². The molecular formula is C23H27FN6O. The second kappa shape index (κ2) is 8.26. The topological polar surface area (TPSA) is 105 Å². The van der Waals surface area contributed by atoms with Crippen molar-refractivity contribution in [2.45, 2.75) is 31.2 Å². The average Bonchev–Trinajstić information content (AvgIpc) is 3.39. The van der Waals surface area contributed by atoms with Gasteiger partial charge in [-0.05, 0) is 67.8 Å². The van der Waals surface area contributed by atoms with E-state index in [1.165, 1.54) is 5.56 Å². The molecule has 0 unspecified atom stereocenters. The Hall–Kier alpha value is -3.00. The molecule has 0 radical (unpaired) electrons. The number of carbonyl (C=O) groups excluding carboxylic acids is 1. The number of nitrogens with zero attached hydrogens (tertiary/aromatic N) is 2. The normalized spacial score (nSPS) is 27.4. The lowest BCUT2D eigenvalue weighted by Gasteiger charge is -2.27. The van der Waals surface area contributed by atoms with Crippen molar-refractivity contribution < 1.29 is 9.18 Å². The third-order valence-corrected chi connectivity index (χ3v) is 6.79. The van der Waals surface area contributed by atoms with Crippen LogP contribution in [0.2, 0.25) is 0 Å². The van der Waals surface area contributed by atoms with Gasteiger partial charge in [0.25, 0.3) is 0 Å². The van der Waals surface area contributed by atoms with Gasteiger partial charge in [-0.1, -0.05) is 24.3 Å². The molecule has 2 fully saturated rings. The first kappa shape index (κ1) is 19.9. The minimum absolute atomic E-state index is 0.0872. The molecule has 2 heterocycles. The van der Waals surface area contributed by atoms with Crippen LogP contribution in [0.5, 0.6) is 0 Å². The number of amides is 1. The molecule has 3 aliphatic rings. The molecule has 5 rings (SSSR count). The van der Waals surface area contributed by atoms with Gasteiger partial charge in [0.05, 0.1) is 12.1 Å². The zero-order valence-electron chi connectivity index (χ0n) is 17.2. The fraction of sp³-hybridized carbons (Fsp3) is 0.435. The number of piperidine rings is 1. The second-order valence-electron chi connectivity index (χ2n) is 8.71. The Kier molecular flexibility index (Phi) is 5.31. The molecule has 2 bridgehead atoms. The number of hydrogen-bond donors (Lipinski definition) is 4. The third-order valence-electron chi connectivity index (χ3n) is 6.79. The van der Waals surface area contributed by atoms with Crippen molar-refractivity contribution in [3.8, 4) is 0 Å². The molecule has 31 heavy (non-hydrogen) atoms. The number of nitrogens with one attached hydrogen (secondary N) is 3. The van der Waals surface area contributed by atoms with Crippen LogP contribution in [0.3, 0.4) is 0 Å². The standard InChI is InChI=1S/C23H27FN6O/c24-18-12-27-23(28-17-3-1-2-14(11-17)13-6-8-26-9-7-13)30-22(18)29-20-16-5-4-15(10-16)19(20)21(25)31/h1-5,11-13,15-16,19-20,26H,6-10H2,(H2,25,31)(H2,27,28,29,30)/t15-,16+,19+,20-/m1/s1. The number of rotatable bonds is 6. The van der Waals surface area contributed by atoms with E-state index in [0.717, 1.165) is 44.2 Å². The molecule has 1 saturated heterocycles. The van der Waals surface area contributed by atoms with Crippen LogP contribution in [0.25, 0.3) is 0 Å². The van der Waals surface area contributed by atoms with Gasteiger partial charge >= 0.3 is 0 Å². The highest BCUT2D eigenvalue weighted by atomic mass is 19.1. The Balaban J connectivity index is 1.33. The van der Waals surface area contributed by atoms with E-state index in [1.807, 2.05) is 18.2 Å². The number of nitrogens with two attached hydrogens (primary N) is 1. The average molecular weight is 423 g/mol. The smallest absolute Gasteiger partial charge is 0.229 e. The van der Waals surface area contributed by atoms with Gasteiger partial charge in [-0.25, -0.2) is 9.37 Å². The summed E-state index contributed by atoms with van der Waals surface area (Å²) in [5.74, 6) is -0.0886. The largest absolute Gasteiger partial charge is 0.369 e. The summed E-state index contributed by atoms with van der Waals surface area (Å²) in [7, 11) is 0. The third kappa shape index (κ3) is 3.99. The molecule has 162 valence electrons. The molecule has 0 spiro atoms. The minimum atomic E-state index is -0.552. The number of halogens is 1. The molecule has 8 heteroatoms. The Labute approximate surface area is 180 Å². The summed E-state index contributed by atoms with van der Waals surface area (Å²) >= 11 is 0. The molecule has 2 aromatic rings. The number of allylic oxidation sites excluding steroid dienone is 1. The lowest BCUT2D eigenvalue weighted by molar-refractivity contribution is -0.122. The molecule has 5 N–H and O–H groups in total. The number of anilines is 3. The number of benzene rings is 1. The molecule has 2 aliphatic carbocycles. The van der Waals surface area contributed by atoms with E-state index in [4.69, 9.17) is 5.73 Å². The minimum Gasteiger partial charge on any atom is -0.369 e. The first-order chi connectivity index (χ1) is 15.1. The maximum atomic E-state index is 14.5. The predicted molar refractivity (Wildman–Crippen MR) is 117 cm³/mol. The van der Waals surface area contributed by atoms with Crippen LogP contribution in [0.1, 0.15) is 30.7 Å². The van der Waals surface area contributed by atoms with Gasteiger partial charge in [-0.3, -0.25) is 4.79 Å². The van der Waals surface area contributed by atoms with E-state index >= 15 is 0 Å². The Bertz CT molecular complexity index is 1010. The maximum absolute atomic E-state index is 14.5. The number of hydrogen-bond acceptors (Lipinski definition) is 6. The molecule has 1 aliphatic heterocycles. The van der Waals surface area contributed by atoms with E-state index in [9.17, 15) is 9.18 Å². The van der Waals surface area contributed by atoms with Crippen LogP contribution in [0.15, 0.2) is 42.6 Å². The summed E-state index contributed by atoms with van der Waals surface area (Å²) in [6, 6.07) is 7.97. The highest BCUT2D eigenvalue weighted by Gasteiger charge is 2.47. The molecular weight excluding hydrogens is 395 g/mol. The number of carbonyl (C=O) groups is 1. The first-order valence-electron chi connectivity index (χ1n) is 10.9. The van der Waals surface area contributed by atoms with Crippen molar-refractivity contribution in [2.24, 2.45) is 23.5 Å². The highest BCUT2D eigenvalue weighted by molar-refractivity contribution is 5.79. The van der Waals surface area contributed by atoms with Gasteiger partial charge in [0, 0.05) is 11.7 Å². The Morgan fingerprint density at radius 2 is 2.00 bits per heavy atom. The monoisotopic (exact) mass is 422 g/mol. The fourth-order valence-corrected chi connectivity index (χ4v) is 5.25. The summed E-state index contributed by atoms with van der Waals surface area (Å²) in [5.41, 5.74) is 7.77. The van der Waals surface area contributed by atoms with Crippen LogP contribution in [0, 0.1) is 23.6 Å². The summed E-state index contributed by atoms with van der Waals surface area (Å²) in [4.78, 5) is 20.4. The predicted octanol–water partition coefficient (Wildman–Crippen LogP) is 2.91. The van der Waals surface area contributed by atoms with E-state index in [1.54, 1.807) is 0 Å². The molecule has 1 amide bonds. The highest BCUT2D eigenvalue weighted by Crippen LogP contribution is 2.44. The maximum Gasteiger partial charge on any atom is 0.229 e. The molecule has 7 nitrogen and oxygen atoms in total. The van der Waals surface area contributed by atoms with Crippen LogP contribution in [-0.4, -0.2) is 35.0 Å². The number of aromatic nitrogens is 2. The summed E-state index contributed by atoms with van der Waals surface area (Å²) < 4.78 is 14.5. The number of primary amides is 1. The van der Waals surface area contributed by atoms with Crippen molar-refractivity contribution >= 4 is 23.4 Å². The Morgan fingerprint density at radius 3 is 2.81 bits per heavy atom. The van der Waals surface area contributed by atoms with Crippen molar-refractivity contribution in [2.75, 3.05) is 23.7 Å². The van der Waals surface area contributed by atoms with E-state index in [-0.39, 0.29) is 35.5 Å². The summed E-state index contributed by atoms with van der Waals surface area (Å²) in [6.07, 6.45) is 8.35. The van der Waals surface area contributed by atoms with Gasteiger partial charge in [0.2, 0.25) is 11.9 Å². The quantitative estimate of drug-likeness (QED) is 0.534. The molecule has 1 saturated carbocycles. The SMILES string of the molecule is NC(=O)[C@@H]1[C@H](Nc2nc(Nc3cccc(C4CCNCC4)c3)ncc2F)[C@H]2C=C[C@@H]1C2. The zero-order chi connectivity index (χ0) is 21.4. The summed E-state index contributed by atoms with van der Waals surface area (Å²) in [5, 5.41) is 9.72. The van der Waals surface area contributed by atoms with Crippen LogP contribution >= 0.6 is 0 Å². The first-order valence-corrected chi connectivity index (χ1v) is 10.9. The van der Waals surface area contributed by atoms with Crippen molar-refractivity contribution in [3.63, 3.8) is 0 Å². The van der Waals surface area contributed by atoms with Crippen molar-refractivity contribution in [1.29, 1.82) is 0 Å². The van der Waals surface area contributed by atoms with E-state index < -0.39 is 5.82 Å². The van der Waals surface area contributed by atoms with Crippen molar-refractivity contribution in [1.82, 2.24) is 15.3 Å². The van der Waals surface area contributed by atoms with Crippen LogP contribution in [0.4, 0.5) is 21.8 Å². The molecule has 4 atom stereocenters. The van der Waals surface area contributed by atoms with Crippen molar-refractivity contribution in [3.05, 3.63) is 54.0 Å². The Morgan fingerprint density at radius 1 is 1.19 bits per heavy atom. The summed E-state index contributed by atoms with van der Waals surface area (Å²) in [6.45, 7) is 2.06. The fourth-order valence-electron chi connectivity index (χ4n) is 5.25. The van der Waals surface area contributed by atoms with E-state index in [0.29, 0.717) is 11.9 Å². The lowest BCUT2D eigenvalue weighted by atomic mass is 9.88. The van der Waals surface area contributed by atoms with Gasteiger partial charge in [-0.2, -0.15) is 4.98 Å². The van der Waals surface area contributed by atoms with Gasteiger partial charge in [-0.15, -0.1) is 0 Å². The molecule has 1 aromatic heterocycles. The van der Waals surface area contributed by atoms with Gasteiger partial charge in [0.15, 0.2) is 11.6 Å². The molecule has 1 aromatic carbocycles. The lowest BCUT2D eigenvalue weighted by Crippen LogP contribution is -2.41.